The van der Waals surface area contributed by atoms with Gasteiger partial charge in [-0.1, -0.05) is 79.2 Å². The van der Waals surface area contributed by atoms with Gasteiger partial charge >= 0.3 is 5.97 Å². The highest BCUT2D eigenvalue weighted by Gasteiger charge is 2.44. The topological polar surface area (TPSA) is 166 Å². The molecule has 14 heteroatoms. The van der Waals surface area contributed by atoms with Crippen molar-refractivity contribution in [2.45, 2.75) is 137 Å². The second kappa shape index (κ2) is 21.4. The number of aliphatic hydroxyl groups excluding tert-OH is 1. The molecular formula is C48H71N5O9. The second-order valence-electron chi connectivity index (χ2n) is 18.8. The van der Waals surface area contributed by atoms with Gasteiger partial charge < -0.3 is 39.5 Å². The second-order valence-corrected chi connectivity index (χ2v) is 18.8. The number of methoxy groups -OCH3 is 1. The Labute approximate surface area is 368 Å². The molecule has 9 atom stereocenters. The third-order valence-electron chi connectivity index (χ3n) is 13.0. The third-order valence-corrected chi connectivity index (χ3v) is 13.0. The molecule has 0 spiro atoms. The molecule has 2 bridgehead atoms. The summed E-state index contributed by atoms with van der Waals surface area (Å²) in [5.41, 5.74) is 1.33. The van der Waals surface area contributed by atoms with Gasteiger partial charge in [0, 0.05) is 46.2 Å². The number of likely N-dealkylation sites (N-methyl/N-ethyl adjacent to an activating group) is 2. The number of fused-ring (bicyclic) bond motifs is 21. The molecule has 62 heavy (non-hydrogen) atoms. The molecule has 1 fully saturated rings. The summed E-state index contributed by atoms with van der Waals surface area (Å²) in [5, 5.41) is 14.2. The fourth-order valence-corrected chi connectivity index (χ4v) is 8.43. The first-order valence-electron chi connectivity index (χ1n) is 22.1. The maximum Gasteiger partial charge on any atom is 0.329 e. The Balaban J connectivity index is 1.74. The zero-order valence-corrected chi connectivity index (χ0v) is 39.0. The van der Waals surface area contributed by atoms with Crippen molar-refractivity contribution in [2.24, 2.45) is 23.2 Å². The Morgan fingerprint density at radius 1 is 0.855 bits per heavy atom. The minimum Gasteiger partial charge on any atom is -0.497 e. The first kappa shape index (κ1) is 49.7. The van der Waals surface area contributed by atoms with Crippen LogP contribution >= 0.6 is 0 Å². The molecule has 0 saturated carbocycles. The monoisotopic (exact) mass is 862 g/mol. The van der Waals surface area contributed by atoms with E-state index in [0.717, 1.165) is 11.1 Å². The molecular weight excluding hydrogens is 791 g/mol. The summed E-state index contributed by atoms with van der Waals surface area (Å²) in [6.45, 7) is 15.6. The summed E-state index contributed by atoms with van der Waals surface area (Å²) >= 11 is 0. The van der Waals surface area contributed by atoms with Crippen molar-refractivity contribution in [1.29, 1.82) is 0 Å². The molecule has 3 aliphatic rings. The molecule has 2 aromatic carbocycles. The third kappa shape index (κ3) is 12.1. The number of nitrogens with zero attached hydrogens (tertiary/aromatic N) is 4. The highest BCUT2D eigenvalue weighted by Crippen LogP contribution is 2.33. The standard InChI is InChI=1S/C48H71N5O9/c1-13-30(3)41-46(59)53-24-14-15-38(53)47(60)62-40(48(6,7)8)26-29(2)25-39(54)31(4)43(56)50(9)28-34-16-20-35(21-17-34)42(55)49-37(27-33-18-22-36(61-12)23-19-33)45(58)51(10)32(5)44(57)52(41)11/h16-23,29-32,37-41,54H,13-15,24-28H2,1-12H3,(H,49,55)/t29-,30-,31+,32+,37-,38-,39-,40-,41-/m0/s1. The number of nitrogens with one attached hydrogen (secondary N) is 1. The number of carbonyl (C=O) groups is 6. The Bertz CT molecular complexity index is 1880. The van der Waals surface area contributed by atoms with E-state index < -0.39 is 71.4 Å². The van der Waals surface area contributed by atoms with Crippen LogP contribution in [0.15, 0.2) is 48.5 Å². The number of carbonyl (C=O) groups excluding carboxylic acids is 6. The molecule has 0 unspecified atom stereocenters. The van der Waals surface area contributed by atoms with Gasteiger partial charge in [-0.3, -0.25) is 24.0 Å². The van der Waals surface area contributed by atoms with Crippen LogP contribution < -0.4 is 10.1 Å². The van der Waals surface area contributed by atoms with Crippen LogP contribution in [0.5, 0.6) is 5.75 Å². The normalized spacial score (nSPS) is 27.8. The molecule has 0 aromatic heterocycles. The zero-order valence-electron chi connectivity index (χ0n) is 39.0. The van der Waals surface area contributed by atoms with Gasteiger partial charge in [0.2, 0.25) is 23.6 Å². The Morgan fingerprint density at radius 2 is 1.48 bits per heavy atom. The number of benzene rings is 2. The largest absolute Gasteiger partial charge is 0.497 e. The van der Waals surface area contributed by atoms with E-state index in [1.165, 1.54) is 16.8 Å². The van der Waals surface area contributed by atoms with Gasteiger partial charge in [0.15, 0.2) is 0 Å². The minimum atomic E-state index is -1.08. The molecule has 2 N–H and O–H groups in total. The first-order valence-corrected chi connectivity index (χ1v) is 22.1. The number of aliphatic hydroxyl groups is 1. The van der Waals surface area contributed by atoms with E-state index in [9.17, 15) is 33.9 Å². The molecule has 2 aromatic rings. The van der Waals surface area contributed by atoms with Crippen molar-refractivity contribution in [3.05, 3.63) is 65.2 Å². The van der Waals surface area contributed by atoms with Gasteiger partial charge in [-0.2, -0.15) is 0 Å². The summed E-state index contributed by atoms with van der Waals surface area (Å²) in [5.74, 6) is -3.11. The maximum absolute atomic E-state index is 14.6. The van der Waals surface area contributed by atoms with Crippen molar-refractivity contribution in [1.82, 2.24) is 24.9 Å². The number of amides is 5. The van der Waals surface area contributed by atoms with E-state index in [-0.39, 0.29) is 36.6 Å². The van der Waals surface area contributed by atoms with E-state index in [1.807, 2.05) is 41.5 Å². The predicted octanol–water partition coefficient (Wildman–Crippen LogP) is 5.09. The van der Waals surface area contributed by atoms with Gasteiger partial charge in [-0.25, -0.2) is 4.79 Å². The van der Waals surface area contributed by atoms with Crippen molar-refractivity contribution >= 4 is 35.5 Å². The summed E-state index contributed by atoms with van der Waals surface area (Å²) < 4.78 is 11.6. The zero-order chi connectivity index (χ0) is 46.2. The van der Waals surface area contributed by atoms with Crippen molar-refractivity contribution in [3.8, 4) is 5.75 Å². The summed E-state index contributed by atoms with van der Waals surface area (Å²) in [7, 11) is 6.29. The molecule has 14 nitrogen and oxygen atoms in total. The van der Waals surface area contributed by atoms with Gasteiger partial charge in [0.25, 0.3) is 5.91 Å². The van der Waals surface area contributed by atoms with Gasteiger partial charge in [-0.05, 0) is 85.3 Å². The van der Waals surface area contributed by atoms with Gasteiger partial charge in [0.05, 0.1) is 19.1 Å². The lowest BCUT2D eigenvalue weighted by molar-refractivity contribution is -0.166. The van der Waals surface area contributed by atoms with Crippen LogP contribution in [-0.4, -0.2) is 131 Å². The van der Waals surface area contributed by atoms with Crippen LogP contribution in [0.2, 0.25) is 0 Å². The summed E-state index contributed by atoms with van der Waals surface area (Å²) in [4.78, 5) is 90.7. The number of ether oxygens (including phenoxy) is 2. The predicted molar refractivity (Wildman–Crippen MR) is 237 cm³/mol. The van der Waals surface area contributed by atoms with Crippen molar-refractivity contribution in [3.63, 3.8) is 0 Å². The Morgan fingerprint density at radius 3 is 2.06 bits per heavy atom. The fourth-order valence-electron chi connectivity index (χ4n) is 8.43. The molecule has 3 aliphatic heterocycles. The van der Waals surface area contributed by atoms with E-state index in [1.54, 1.807) is 93.4 Å². The van der Waals surface area contributed by atoms with E-state index in [4.69, 9.17) is 9.47 Å². The van der Waals surface area contributed by atoms with Crippen LogP contribution in [-0.2, 0) is 41.7 Å². The fraction of sp³-hybridized carbons (Fsp3) is 0.625. The molecule has 1 saturated heterocycles. The average Bonchev–Trinajstić information content (AvgIpc) is 3.74. The van der Waals surface area contributed by atoms with Crippen molar-refractivity contribution in [2.75, 3.05) is 34.8 Å². The number of esters is 1. The lowest BCUT2D eigenvalue weighted by Crippen LogP contribution is -2.59. The molecule has 5 rings (SSSR count). The number of rotatable bonds is 5. The number of hydrogen-bond acceptors (Lipinski definition) is 9. The average molecular weight is 862 g/mol. The van der Waals surface area contributed by atoms with Crippen LogP contribution in [0.25, 0.3) is 0 Å². The Hall–Kier alpha value is -4.98. The van der Waals surface area contributed by atoms with E-state index in [0.29, 0.717) is 50.0 Å². The summed E-state index contributed by atoms with van der Waals surface area (Å²) in [6.07, 6.45) is 0.891. The van der Waals surface area contributed by atoms with Gasteiger partial charge in [0.1, 0.15) is 36.0 Å². The molecule has 3 heterocycles. The quantitative estimate of drug-likeness (QED) is 0.308. The number of hydrogen-bond donors (Lipinski definition) is 2. The highest BCUT2D eigenvalue weighted by atomic mass is 16.5. The van der Waals surface area contributed by atoms with Crippen LogP contribution in [0, 0.1) is 23.2 Å². The van der Waals surface area contributed by atoms with Crippen LogP contribution in [0.1, 0.15) is 109 Å². The smallest absolute Gasteiger partial charge is 0.329 e. The first-order chi connectivity index (χ1) is 29.1. The summed E-state index contributed by atoms with van der Waals surface area (Å²) in [6, 6.07) is 9.98. The van der Waals surface area contributed by atoms with Crippen LogP contribution in [0.3, 0.4) is 0 Å². The SMILES string of the molecule is CC[C@H](C)[C@H]1C(=O)N2CCC[C@H]2C(=O)O[C@H](C(C)(C)C)C[C@@H](C)C[C@H](O)[C@@H](C)C(=O)N(C)Cc2ccc(cc2)C(=O)N[C@@H](Cc2ccc(OC)cc2)C(=O)N(C)[C@H](C)C(=O)N1C. The van der Waals surface area contributed by atoms with Crippen LogP contribution in [0.4, 0.5) is 0 Å². The van der Waals surface area contributed by atoms with E-state index >= 15 is 0 Å². The van der Waals surface area contributed by atoms with Gasteiger partial charge in [-0.15, -0.1) is 0 Å². The molecule has 342 valence electrons. The lowest BCUT2D eigenvalue weighted by atomic mass is 9.81. The Kier molecular flexibility index (Phi) is 17.1. The molecule has 5 amide bonds. The minimum absolute atomic E-state index is 0.111. The molecule has 0 radical (unpaired) electrons. The lowest BCUT2D eigenvalue weighted by Gasteiger charge is -2.39. The van der Waals surface area contributed by atoms with Crippen molar-refractivity contribution < 1.29 is 43.3 Å². The maximum atomic E-state index is 14.6. The van der Waals surface area contributed by atoms with E-state index in [2.05, 4.69) is 5.32 Å². The highest BCUT2D eigenvalue weighted by molar-refractivity contribution is 5.99. The molecule has 0 aliphatic carbocycles.